The lowest BCUT2D eigenvalue weighted by Crippen LogP contribution is -2.29. The van der Waals surface area contributed by atoms with Crippen molar-refractivity contribution in [1.29, 1.82) is 0 Å². The van der Waals surface area contributed by atoms with Crippen molar-refractivity contribution >= 4 is 38.4 Å². The molecular formula is C23H23BrF2N4O. The van der Waals surface area contributed by atoms with E-state index in [2.05, 4.69) is 25.8 Å². The predicted molar refractivity (Wildman–Crippen MR) is 121 cm³/mol. The van der Waals surface area contributed by atoms with Crippen LogP contribution in [0.5, 0.6) is 0 Å². The lowest BCUT2D eigenvalue weighted by molar-refractivity contribution is 0.0826. The molecule has 0 saturated heterocycles. The number of halogens is 3. The Morgan fingerprint density at radius 3 is 2.65 bits per heavy atom. The Labute approximate surface area is 196 Å². The standard InChI is InChI=1S/C23H23BrF2N4O/c1-28(2)23(31)15-10-19(25)21(20(26)11-15)14-5-8-30(9-6-14)13-16-12-17-18(24)4-7-27-22(17)29(16)3/h4-5,7,10-12H,6,8-9,13H2,1-3H3/i1D3,2D3. The van der Waals surface area contributed by atoms with Crippen LogP contribution in [0.4, 0.5) is 8.78 Å². The van der Waals surface area contributed by atoms with Crippen LogP contribution in [0.2, 0.25) is 0 Å². The number of rotatable bonds is 4. The van der Waals surface area contributed by atoms with Gasteiger partial charge in [0, 0.05) is 81.7 Å². The summed E-state index contributed by atoms with van der Waals surface area (Å²) in [6, 6.07) is 5.27. The highest BCUT2D eigenvalue weighted by Gasteiger charge is 2.22. The van der Waals surface area contributed by atoms with E-state index < -0.39 is 37.1 Å². The highest BCUT2D eigenvalue weighted by Crippen LogP contribution is 2.30. The van der Waals surface area contributed by atoms with Gasteiger partial charge < -0.3 is 9.47 Å². The molecule has 1 aliphatic rings. The summed E-state index contributed by atoms with van der Waals surface area (Å²) in [5.41, 5.74) is 1.27. The molecule has 0 bridgehead atoms. The second-order valence-electron chi connectivity index (χ2n) is 7.39. The Morgan fingerprint density at radius 1 is 1.29 bits per heavy atom. The predicted octanol–water partition coefficient (Wildman–Crippen LogP) is 4.61. The largest absolute Gasteiger partial charge is 0.345 e. The molecule has 0 N–H and O–H groups in total. The molecule has 5 nitrogen and oxygen atoms in total. The number of benzene rings is 1. The summed E-state index contributed by atoms with van der Waals surface area (Å²) >= 11 is 3.53. The molecule has 1 amide bonds. The van der Waals surface area contributed by atoms with E-state index in [-0.39, 0.29) is 10.5 Å². The van der Waals surface area contributed by atoms with Crippen LogP contribution < -0.4 is 0 Å². The van der Waals surface area contributed by atoms with Gasteiger partial charge in [-0.05, 0) is 52.2 Å². The Balaban J connectivity index is 1.55. The fraction of sp³-hybridized carbons (Fsp3) is 0.304. The summed E-state index contributed by atoms with van der Waals surface area (Å²) < 4.78 is 77.1. The number of aryl methyl sites for hydroxylation is 1. The van der Waals surface area contributed by atoms with Crippen LogP contribution in [0.1, 0.15) is 36.3 Å². The molecule has 162 valence electrons. The molecule has 8 heteroatoms. The van der Waals surface area contributed by atoms with Gasteiger partial charge in [-0.1, -0.05) is 6.08 Å². The molecule has 2 aromatic heterocycles. The van der Waals surface area contributed by atoms with Gasteiger partial charge in [0.2, 0.25) is 0 Å². The lowest BCUT2D eigenvalue weighted by atomic mass is 9.96. The minimum absolute atomic E-state index is 0.316. The van der Waals surface area contributed by atoms with Gasteiger partial charge in [-0.3, -0.25) is 9.69 Å². The lowest BCUT2D eigenvalue weighted by Gasteiger charge is -2.27. The van der Waals surface area contributed by atoms with Gasteiger partial charge in [0.05, 0.1) is 0 Å². The molecule has 0 fully saturated rings. The Bertz CT molecular complexity index is 1370. The summed E-state index contributed by atoms with van der Waals surface area (Å²) in [5, 5.41) is 0.988. The van der Waals surface area contributed by atoms with E-state index >= 15 is 8.78 Å². The number of hydrogen-bond donors (Lipinski definition) is 0. The first kappa shape index (κ1) is 15.3. The molecule has 31 heavy (non-hydrogen) atoms. The van der Waals surface area contributed by atoms with E-state index in [9.17, 15) is 4.79 Å². The van der Waals surface area contributed by atoms with Gasteiger partial charge in [-0.25, -0.2) is 13.8 Å². The number of fused-ring (bicyclic) bond motifs is 1. The van der Waals surface area contributed by atoms with Gasteiger partial charge in [-0.2, -0.15) is 0 Å². The number of aromatic nitrogens is 2. The van der Waals surface area contributed by atoms with E-state index in [0.717, 1.165) is 21.2 Å². The molecule has 4 rings (SSSR count). The van der Waals surface area contributed by atoms with Crippen LogP contribution in [0, 0.1) is 11.6 Å². The van der Waals surface area contributed by atoms with Crippen molar-refractivity contribution in [3.8, 4) is 0 Å². The summed E-state index contributed by atoms with van der Waals surface area (Å²) in [4.78, 5) is 18.8. The fourth-order valence-corrected chi connectivity index (χ4v) is 4.24. The highest BCUT2D eigenvalue weighted by atomic mass is 79.9. The number of carbonyl (C=O) groups is 1. The molecule has 1 aromatic carbocycles. The molecule has 0 spiro atoms. The summed E-state index contributed by atoms with van der Waals surface area (Å²) in [5.74, 6) is -3.64. The maximum absolute atomic E-state index is 15.0. The normalized spacial score (nSPS) is 18.4. The molecule has 0 unspecified atom stereocenters. The second-order valence-corrected chi connectivity index (χ2v) is 8.25. The molecule has 0 atom stereocenters. The fourth-order valence-electron chi connectivity index (χ4n) is 3.83. The van der Waals surface area contributed by atoms with Crippen molar-refractivity contribution in [2.75, 3.05) is 27.0 Å². The van der Waals surface area contributed by atoms with Crippen LogP contribution >= 0.6 is 15.9 Å². The Kier molecular flexibility index (Phi) is 4.19. The van der Waals surface area contributed by atoms with E-state index in [1.165, 1.54) is 0 Å². The molecule has 0 saturated carbocycles. The smallest absolute Gasteiger partial charge is 0.253 e. The van der Waals surface area contributed by atoms with Crippen molar-refractivity contribution < 1.29 is 21.8 Å². The average molecular weight is 495 g/mol. The minimum Gasteiger partial charge on any atom is -0.345 e. The van der Waals surface area contributed by atoms with Crippen LogP contribution in [0.25, 0.3) is 16.6 Å². The van der Waals surface area contributed by atoms with Gasteiger partial charge in [0.25, 0.3) is 5.91 Å². The molecule has 0 radical (unpaired) electrons. The van der Waals surface area contributed by atoms with Crippen LogP contribution in [-0.4, -0.2) is 52.3 Å². The topological polar surface area (TPSA) is 41.4 Å². The van der Waals surface area contributed by atoms with Gasteiger partial charge >= 0.3 is 0 Å². The first-order valence-corrected chi connectivity index (χ1v) is 10.3. The molecule has 1 aliphatic heterocycles. The van der Waals surface area contributed by atoms with Crippen molar-refractivity contribution in [3.05, 3.63) is 69.5 Å². The number of nitrogens with zero attached hydrogens (tertiary/aromatic N) is 4. The quantitative estimate of drug-likeness (QED) is 0.531. The summed E-state index contributed by atoms with van der Waals surface area (Å²) in [7, 11) is 1.93. The van der Waals surface area contributed by atoms with Crippen molar-refractivity contribution in [2.24, 2.45) is 7.05 Å². The number of amides is 1. The Hall–Kier alpha value is -2.58. The molecule has 3 heterocycles. The maximum Gasteiger partial charge on any atom is 0.253 e. The molecule has 0 aliphatic carbocycles. The van der Waals surface area contributed by atoms with E-state index in [4.69, 9.17) is 8.22 Å². The maximum atomic E-state index is 15.0. The van der Waals surface area contributed by atoms with Crippen molar-refractivity contribution in [1.82, 2.24) is 19.4 Å². The zero-order chi connectivity index (χ0) is 27.3. The third kappa shape index (κ3) is 4.14. The van der Waals surface area contributed by atoms with Crippen molar-refractivity contribution in [3.63, 3.8) is 0 Å². The van der Waals surface area contributed by atoms with Crippen LogP contribution in [-0.2, 0) is 13.6 Å². The zero-order valence-corrected chi connectivity index (χ0v) is 18.2. The van der Waals surface area contributed by atoms with E-state index in [0.29, 0.717) is 43.8 Å². The monoisotopic (exact) mass is 494 g/mol. The second kappa shape index (κ2) is 8.51. The van der Waals surface area contributed by atoms with Gasteiger partial charge in [0.1, 0.15) is 17.3 Å². The first-order chi connectivity index (χ1) is 17.2. The summed E-state index contributed by atoms with van der Waals surface area (Å²) in [6.07, 6.45) is 3.77. The minimum atomic E-state index is -3.32. The van der Waals surface area contributed by atoms with Crippen LogP contribution in [0.3, 0.4) is 0 Å². The third-order valence-electron chi connectivity index (χ3n) is 5.47. The summed E-state index contributed by atoms with van der Waals surface area (Å²) in [6.45, 7) is -5.09. The Morgan fingerprint density at radius 2 is 2.03 bits per heavy atom. The van der Waals surface area contributed by atoms with E-state index in [1.54, 1.807) is 12.3 Å². The number of carbonyl (C=O) groups excluding carboxylic acids is 1. The third-order valence-corrected chi connectivity index (χ3v) is 6.16. The van der Waals surface area contributed by atoms with E-state index in [1.807, 2.05) is 23.7 Å². The SMILES string of the molecule is [2H]C([2H])([2H])N(C(=O)c1cc(F)c(C2=CCN(Cc3cc4c(Br)ccnc4n3C)CC2)c(F)c1)C([2H])([2H])[2H]. The first-order valence-electron chi connectivity index (χ1n) is 12.5. The average Bonchev–Trinajstić information content (AvgIpc) is 3.09. The number of hydrogen-bond acceptors (Lipinski definition) is 3. The van der Waals surface area contributed by atoms with Crippen LogP contribution in [0.15, 0.2) is 41.0 Å². The highest BCUT2D eigenvalue weighted by molar-refractivity contribution is 9.10. The van der Waals surface area contributed by atoms with Gasteiger partial charge in [-0.15, -0.1) is 0 Å². The zero-order valence-electron chi connectivity index (χ0n) is 22.6. The number of pyridine rings is 1. The molecular weight excluding hydrogens is 466 g/mol. The van der Waals surface area contributed by atoms with Crippen molar-refractivity contribution in [2.45, 2.75) is 13.0 Å². The molecule has 3 aromatic rings. The van der Waals surface area contributed by atoms with Gasteiger partial charge in [0.15, 0.2) is 0 Å².